The first kappa shape index (κ1) is 16.3. The molecule has 0 spiro atoms. The van der Waals surface area contributed by atoms with Crippen LogP contribution in [0.4, 0.5) is 0 Å². The molecule has 21 heavy (non-hydrogen) atoms. The number of hydrogen-bond donors (Lipinski definition) is 1. The lowest BCUT2D eigenvalue weighted by Gasteiger charge is -2.29. The van der Waals surface area contributed by atoms with E-state index in [0.717, 1.165) is 30.1 Å². The van der Waals surface area contributed by atoms with Gasteiger partial charge in [-0.15, -0.1) is 0 Å². The highest BCUT2D eigenvalue weighted by Gasteiger charge is 2.22. The van der Waals surface area contributed by atoms with E-state index in [-0.39, 0.29) is 11.0 Å². The van der Waals surface area contributed by atoms with Gasteiger partial charge in [-0.05, 0) is 68.7 Å². The fourth-order valence-corrected chi connectivity index (χ4v) is 3.88. The van der Waals surface area contributed by atoms with Crippen molar-refractivity contribution in [3.05, 3.63) is 23.3 Å². The summed E-state index contributed by atoms with van der Waals surface area (Å²) in [6, 6.07) is 3.40. The van der Waals surface area contributed by atoms with Gasteiger partial charge in [-0.3, -0.25) is 0 Å². The number of nitrogens with two attached hydrogens (primary N) is 1. The summed E-state index contributed by atoms with van der Waals surface area (Å²) in [5.41, 5.74) is 1.46. The molecule has 2 rings (SSSR count). The molecule has 0 amide bonds. The normalized spacial score (nSPS) is 23.0. The molecular formula is C16H25NO3S. The Morgan fingerprint density at radius 3 is 2.29 bits per heavy atom. The van der Waals surface area contributed by atoms with Crippen LogP contribution in [0.15, 0.2) is 17.0 Å². The van der Waals surface area contributed by atoms with E-state index in [1.54, 1.807) is 19.1 Å². The van der Waals surface area contributed by atoms with Crippen molar-refractivity contribution in [2.24, 2.45) is 11.1 Å². The fraction of sp³-hybridized carbons (Fsp3) is 0.625. The lowest BCUT2D eigenvalue weighted by molar-refractivity contribution is 0.129. The average Bonchev–Trinajstić information content (AvgIpc) is 2.42. The highest BCUT2D eigenvalue weighted by atomic mass is 32.2. The Morgan fingerprint density at radius 1 is 1.14 bits per heavy atom. The summed E-state index contributed by atoms with van der Waals surface area (Å²) in [6.45, 7) is 5.85. The molecule has 4 nitrogen and oxygen atoms in total. The Morgan fingerprint density at radius 2 is 1.76 bits per heavy atom. The average molecular weight is 311 g/mol. The van der Waals surface area contributed by atoms with Crippen LogP contribution in [0, 0.1) is 19.8 Å². The zero-order chi connectivity index (χ0) is 15.6. The van der Waals surface area contributed by atoms with Gasteiger partial charge in [-0.2, -0.15) is 0 Å². The van der Waals surface area contributed by atoms with Gasteiger partial charge >= 0.3 is 0 Å². The van der Waals surface area contributed by atoms with Crippen molar-refractivity contribution in [2.45, 2.75) is 63.9 Å². The third kappa shape index (κ3) is 3.98. The minimum Gasteiger partial charge on any atom is -0.490 e. The summed E-state index contributed by atoms with van der Waals surface area (Å²) in [5.74, 6) is 1.61. The van der Waals surface area contributed by atoms with Gasteiger partial charge in [0, 0.05) is 0 Å². The van der Waals surface area contributed by atoms with Gasteiger partial charge in [0.25, 0.3) is 0 Å². The van der Waals surface area contributed by atoms with Crippen LogP contribution in [0.3, 0.4) is 0 Å². The number of ether oxygens (including phenoxy) is 1. The molecule has 0 radical (unpaired) electrons. The minimum absolute atomic E-state index is 0.182. The van der Waals surface area contributed by atoms with Gasteiger partial charge in [-0.1, -0.05) is 13.3 Å². The minimum atomic E-state index is -3.67. The van der Waals surface area contributed by atoms with E-state index in [1.807, 2.05) is 6.92 Å². The molecule has 0 aliphatic heterocycles. The third-order valence-corrected chi connectivity index (χ3v) is 5.50. The van der Waals surface area contributed by atoms with Gasteiger partial charge in [0.1, 0.15) is 5.75 Å². The second kappa shape index (κ2) is 6.36. The second-order valence-electron chi connectivity index (χ2n) is 6.10. The largest absolute Gasteiger partial charge is 0.490 e. The molecule has 1 aromatic carbocycles. The van der Waals surface area contributed by atoms with E-state index in [1.165, 1.54) is 19.3 Å². The number of primary sulfonamides is 1. The van der Waals surface area contributed by atoms with Crippen molar-refractivity contribution in [3.8, 4) is 5.75 Å². The number of hydrogen-bond acceptors (Lipinski definition) is 3. The topological polar surface area (TPSA) is 69.4 Å². The van der Waals surface area contributed by atoms with E-state index < -0.39 is 10.0 Å². The van der Waals surface area contributed by atoms with Crippen LogP contribution in [-0.4, -0.2) is 14.5 Å². The van der Waals surface area contributed by atoms with E-state index in [4.69, 9.17) is 9.88 Å². The fourth-order valence-electron chi connectivity index (χ4n) is 3.03. The van der Waals surface area contributed by atoms with Crippen molar-refractivity contribution in [3.63, 3.8) is 0 Å². The SMILES string of the molecule is CCC1CCC(Oc2cc(C)c(S(N)(=O)=O)cc2C)CC1. The smallest absolute Gasteiger partial charge is 0.238 e. The molecule has 0 aromatic heterocycles. The van der Waals surface area contributed by atoms with Crippen LogP contribution < -0.4 is 9.88 Å². The number of sulfonamides is 1. The molecule has 1 aromatic rings. The lowest BCUT2D eigenvalue weighted by Crippen LogP contribution is -2.24. The molecule has 1 aliphatic carbocycles. The molecule has 118 valence electrons. The number of rotatable bonds is 4. The molecule has 0 atom stereocenters. The lowest BCUT2D eigenvalue weighted by atomic mass is 9.86. The monoisotopic (exact) mass is 311 g/mol. The van der Waals surface area contributed by atoms with Gasteiger partial charge < -0.3 is 4.74 Å². The summed E-state index contributed by atoms with van der Waals surface area (Å²) in [6.07, 6.45) is 6.07. The Kier molecular flexibility index (Phi) is 4.94. The molecule has 1 saturated carbocycles. The summed E-state index contributed by atoms with van der Waals surface area (Å²) >= 11 is 0. The maximum atomic E-state index is 11.5. The Balaban J connectivity index is 2.13. The van der Waals surface area contributed by atoms with Crippen LogP contribution in [0.5, 0.6) is 5.75 Å². The number of benzene rings is 1. The molecule has 2 N–H and O–H groups in total. The quantitative estimate of drug-likeness (QED) is 0.927. The van der Waals surface area contributed by atoms with Crippen molar-refractivity contribution < 1.29 is 13.2 Å². The van der Waals surface area contributed by atoms with Crippen LogP contribution >= 0.6 is 0 Å². The predicted octanol–water partition coefficient (Wildman–Crippen LogP) is 3.30. The van der Waals surface area contributed by atoms with E-state index in [2.05, 4.69) is 6.92 Å². The molecule has 0 bridgehead atoms. The maximum Gasteiger partial charge on any atom is 0.238 e. The second-order valence-corrected chi connectivity index (χ2v) is 7.63. The Hall–Kier alpha value is -1.07. The van der Waals surface area contributed by atoms with Crippen molar-refractivity contribution in [2.75, 3.05) is 0 Å². The highest BCUT2D eigenvalue weighted by molar-refractivity contribution is 7.89. The van der Waals surface area contributed by atoms with Crippen molar-refractivity contribution in [1.29, 1.82) is 0 Å². The van der Waals surface area contributed by atoms with Crippen LogP contribution in [-0.2, 0) is 10.0 Å². The Labute approximate surface area is 127 Å². The summed E-state index contributed by atoms with van der Waals surface area (Å²) in [4.78, 5) is 0.182. The molecule has 1 aliphatic rings. The van der Waals surface area contributed by atoms with Crippen LogP contribution in [0.2, 0.25) is 0 Å². The van der Waals surface area contributed by atoms with Crippen LogP contribution in [0.1, 0.15) is 50.2 Å². The molecule has 5 heteroatoms. The van der Waals surface area contributed by atoms with Crippen molar-refractivity contribution >= 4 is 10.0 Å². The highest BCUT2D eigenvalue weighted by Crippen LogP contribution is 2.32. The molecular weight excluding hydrogens is 286 g/mol. The molecule has 1 fully saturated rings. The van der Waals surface area contributed by atoms with Gasteiger partial charge in [0.2, 0.25) is 10.0 Å². The first-order valence-electron chi connectivity index (χ1n) is 7.62. The van der Waals surface area contributed by atoms with Gasteiger partial charge in [0.15, 0.2) is 0 Å². The predicted molar refractivity (Wildman–Crippen MR) is 84.0 cm³/mol. The summed E-state index contributed by atoms with van der Waals surface area (Å²) < 4.78 is 29.1. The van der Waals surface area contributed by atoms with E-state index in [0.29, 0.717) is 5.56 Å². The van der Waals surface area contributed by atoms with Crippen molar-refractivity contribution in [1.82, 2.24) is 0 Å². The standard InChI is InChI=1S/C16H25NO3S/c1-4-13-5-7-14(8-6-13)20-15-9-12(3)16(10-11(15)2)21(17,18)19/h9-10,13-14H,4-8H2,1-3H3,(H2,17,18,19). The van der Waals surface area contributed by atoms with Crippen LogP contribution in [0.25, 0.3) is 0 Å². The first-order valence-corrected chi connectivity index (χ1v) is 9.16. The summed E-state index contributed by atoms with van der Waals surface area (Å²) in [7, 11) is -3.67. The first-order chi connectivity index (χ1) is 9.81. The van der Waals surface area contributed by atoms with E-state index in [9.17, 15) is 8.42 Å². The number of aryl methyl sites for hydroxylation is 2. The van der Waals surface area contributed by atoms with E-state index >= 15 is 0 Å². The molecule has 0 saturated heterocycles. The Bertz CT molecular complexity index is 602. The zero-order valence-corrected chi connectivity index (χ0v) is 13.9. The third-order valence-electron chi connectivity index (χ3n) is 4.44. The zero-order valence-electron chi connectivity index (χ0n) is 13.1. The molecule has 0 heterocycles. The summed E-state index contributed by atoms with van der Waals surface area (Å²) in [5, 5.41) is 5.22. The van der Waals surface area contributed by atoms with Gasteiger partial charge in [0.05, 0.1) is 11.0 Å². The molecule has 0 unspecified atom stereocenters. The van der Waals surface area contributed by atoms with Gasteiger partial charge in [-0.25, -0.2) is 13.6 Å². The maximum absolute atomic E-state index is 11.5.